The Morgan fingerprint density at radius 1 is 1.09 bits per heavy atom. The maximum absolute atomic E-state index is 12.6. The minimum atomic E-state index is -0.145. The molecule has 7 nitrogen and oxygen atoms in total. The molecular weight excluding hydrogens is 406 g/mol. The van der Waals surface area contributed by atoms with Gasteiger partial charge in [-0.15, -0.1) is 0 Å². The molecule has 1 aromatic heterocycles. The number of nitrogens with one attached hydrogen (secondary N) is 1. The molecular formula is C25H27N3O4. The van der Waals surface area contributed by atoms with Crippen molar-refractivity contribution in [3.05, 3.63) is 70.6 Å². The monoisotopic (exact) mass is 433 g/mol. The van der Waals surface area contributed by atoms with Crippen molar-refractivity contribution in [1.29, 1.82) is 0 Å². The van der Waals surface area contributed by atoms with Gasteiger partial charge in [0, 0.05) is 37.6 Å². The molecule has 0 atom stereocenters. The van der Waals surface area contributed by atoms with E-state index in [2.05, 4.69) is 16.5 Å². The van der Waals surface area contributed by atoms with Crippen molar-refractivity contribution in [3.8, 4) is 16.9 Å². The lowest BCUT2D eigenvalue weighted by atomic mass is 9.96. The fourth-order valence-corrected chi connectivity index (χ4v) is 4.05. The molecule has 0 radical (unpaired) electrons. The lowest BCUT2D eigenvalue weighted by molar-refractivity contribution is -0.129. The van der Waals surface area contributed by atoms with Gasteiger partial charge < -0.3 is 19.5 Å². The number of carbonyl (C=O) groups excluding carboxylic acids is 2. The van der Waals surface area contributed by atoms with E-state index in [0.29, 0.717) is 38.2 Å². The number of carbonyl (C=O) groups is 2. The molecule has 2 aromatic carbocycles. The number of fused-ring (bicyclic) bond motifs is 3. The highest BCUT2D eigenvalue weighted by atomic mass is 16.5. The SMILES string of the molecule is CC(=O)N1CCNC(=O)c2cccc(c2)Cc2cc(-c3c(C)noc3C)ccc2OCC1. The maximum Gasteiger partial charge on any atom is 0.251 e. The van der Waals surface area contributed by atoms with Crippen LogP contribution in [0, 0.1) is 13.8 Å². The predicted octanol–water partition coefficient (Wildman–Crippen LogP) is 3.52. The summed E-state index contributed by atoms with van der Waals surface area (Å²) in [4.78, 5) is 26.3. The van der Waals surface area contributed by atoms with Crippen LogP contribution in [0.25, 0.3) is 11.1 Å². The lowest BCUT2D eigenvalue weighted by Gasteiger charge is -2.22. The molecule has 2 amide bonds. The highest BCUT2D eigenvalue weighted by molar-refractivity contribution is 5.94. The number of ether oxygens (including phenoxy) is 1. The first-order valence-corrected chi connectivity index (χ1v) is 10.7. The number of aromatic nitrogens is 1. The van der Waals surface area contributed by atoms with Crippen LogP contribution in [-0.2, 0) is 11.2 Å². The van der Waals surface area contributed by atoms with Crippen molar-refractivity contribution in [2.45, 2.75) is 27.2 Å². The van der Waals surface area contributed by atoms with E-state index in [1.807, 2.05) is 44.2 Å². The van der Waals surface area contributed by atoms with Crippen molar-refractivity contribution < 1.29 is 18.8 Å². The number of nitrogens with zero attached hydrogens (tertiary/aromatic N) is 2. The van der Waals surface area contributed by atoms with Gasteiger partial charge >= 0.3 is 0 Å². The summed E-state index contributed by atoms with van der Waals surface area (Å²) in [5, 5.41) is 6.97. The summed E-state index contributed by atoms with van der Waals surface area (Å²) in [5.41, 5.74) is 5.41. The summed E-state index contributed by atoms with van der Waals surface area (Å²) < 4.78 is 11.5. The Hall–Kier alpha value is -3.61. The van der Waals surface area contributed by atoms with Gasteiger partial charge in [-0.1, -0.05) is 23.4 Å². The van der Waals surface area contributed by atoms with Gasteiger partial charge in [-0.2, -0.15) is 0 Å². The number of benzene rings is 2. The van der Waals surface area contributed by atoms with Crippen molar-refractivity contribution in [3.63, 3.8) is 0 Å². The molecule has 3 aromatic rings. The maximum atomic E-state index is 12.6. The van der Waals surface area contributed by atoms with Gasteiger partial charge in [0.2, 0.25) is 5.91 Å². The molecule has 1 aliphatic rings. The van der Waals surface area contributed by atoms with Crippen LogP contribution < -0.4 is 10.1 Å². The minimum Gasteiger partial charge on any atom is -0.491 e. The second kappa shape index (κ2) is 9.26. The van der Waals surface area contributed by atoms with Gasteiger partial charge in [0.25, 0.3) is 5.91 Å². The van der Waals surface area contributed by atoms with Gasteiger partial charge in [-0.05, 0) is 54.8 Å². The second-order valence-corrected chi connectivity index (χ2v) is 8.01. The molecule has 4 rings (SSSR count). The van der Waals surface area contributed by atoms with Crippen molar-refractivity contribution in [2.24, 2.45) is 0 Å². The highest BCUT2D eigenvalue weighted by Crippen LogP contribution is 2.32. The Balaban J connectivity index is 1.74. The molecule has 0 unspecified atom stereocenters. The zero-order valence-corrected chi connectivity index (χ0v) is 18.6. The molecule has 0 spiro atoms. The van der Waals surface area contributed by atoms with Crippen molar-refractivity contribution in [2.75, 3.05) is 26.2 Å². The van der Waals surface area contributed by atoms with Crippen LogP contribution in [0.2, 0.25) is 0 Å². The Bertz CT molecular complexity index is 1130. The molecule has 2 heterocycles. The van der Waals surface area contributed by atoms with E-state index in [1.54, 1.807) is 11.0 Å². The average Bonchev–Trinajstić information content (AvgIpc) is 3.11. The standard InChI is InChI=1S/C25H27N3O4/c1-16-24(17(2)32-27-16)20-7-8-23-22(15-20)14-19-5-4-6-21(13-19)25(30)26-9-10-28(18(3)29)11-12-31-23/h4-8,13,15H,9-12,14H2,1-3H3,(H,26,30). The molecule has 0 fully saturated rings. The van der Waals surface area contributed by atoms with E-state index in [0.717, 1.165) is 39.5 Å². The lowest BCUT2D eigenvalue weighted by Crippen LogP contribution is -2.39. The van der Waals surface area contributed by atoms with E-state index in [-0.39, 0.29) is 11.8 Å². The van der Waals surface area contributed by atoms with Crippen LogP contribution in [0.15, 0.2) is 47.0 Å². The van der Waals surface area contributed by atoms with Gasteiger partial charge in [0.05, 0.1) is 12.2 Å². The zero-order valence-electron chi connectivity index (χ0n) is 18.6. The molecule has 32 heavy (non-hydrogen) atoms. The summed E-state index contributed by atoms with van der Waals surface area (Å²) in [5.74, 6) is 1.33. The predicted molar refractivity (Wildman–Crippen MR) is 121 cm³/mol. The third kappa shape index (κ3) is 4.66. The van der Waals surface area contributed by atoms with Crippen molar-refractivity contribution in [1.82, 2.24) is 15.4 Å². The van der Waals surface area contributed by atoms with Gasteiger partial charge in [-0.3, -0.25) is 9.59 Å². The van der Waals surface area contributed by atoms with Crippen LogP contribution in [0.3, 0.4) is 0 Å². The van der Waals surface area contributed by atoms with Crippen molar-refractivity contribution >= 4 is 11.8 Å². The van der Waals surface area contributed by atoms with Gasteiger partial charge in [-0.25, -0.2) is 0 Å². The van der Waals surface area contributed by atoms with Crippen LogP contribution in [0.1, 0.15) is 39.9 Å². The molecule has 0 saturated heterocycles. The Morgan fingerprint density at radius 2 is 1.94 bits per heavy atom. The molecule has 1 N–H and O–H groups in total. The third-order valence-electron chi connectivity index (χ3n) is 5.70. The normalized spacial score (nSPS) is 14.7. The molecule has 1 aliphatic heterocycles. The Labute approximate surface area is 187 Å². The quantitative estimate of drug-likeness (QED) is 0.635. The highest BCUT2D eigenvalue weighted by Gasteiger charge is 2.17. The number of hydrogen-bond donors (Lipinski definition) is 1. The third-order valence-corrected chi connectivity index (χ3v) is 5.70. The van der Waals surface area contributed by atoms with Gasteiger partial charge in [0.15, 0.2) is 0 Å². The smallest absolute Gasteiger partial charge is 0.251 e. The van der Waals surface area contributed by atoms with Gasteiger partial charge in [0.1, 0.15) is 18.1 Å². The van der Waals surface area contributed by atoms with Crippen LogP contribution in [-0.4, -0.2) is 48.1 Å². The summed E-state index contributed by atoms with van der Waals surface area (Å²) in [7, 11) is 0. The van der Waals surface area contributed by atoms with E-state index in [4.69, 9.17) is 9.26 Å². The molecule has 0 saturated carbocycles. The Morgan fingerprint density at radius 3 is 2.69 bits per heavy atom. The van der Waals surface area contributed by atoms with E-state index in [1.165, 1.54) is 6.92 Å². The zero-order chi connectivity index (χ0) is 22.7. The van der Waals surface area contributed by atoms with Crippen LogP contribution in [0.5, 0.6) is 5.75 Å². The largest absolute Gasteiger partial charge is 0.491 e. The Kier molecular flexibility index (Phi) is 6.25. The summed E-state index contributed by atoms with van der Waals surface area (Å²) >= 11 is 0. The molecule has 0 aliphatic carbocycles. The van der Waals surface area contributed by atoms with E-state index in [9.17, 15) is 9.59 Å². The van der Waals surface area contributed by atoms with E-state index < -0.39 is 0 Å². The second-order valence-electron chi connectivity index (χ2n) is 8.01. The first kappa shape index (κ1) is 21.6. The molecule has 166 valence electrons. The van der Waals surface area contributed by atoms with Crippen LogP contribution >= 0.6 is 0 Å². The fourth-order valence-electron chi connectivity index (χ4n) is 4.05. The summed E-state index contributed by atoms with van der Waals surface area (Å²) in [6, 6.07) is 13.6. The fraction of sp³-hybridized carbons (Fsp3) is 0.320. The first-order valence-electron chi connectivity index (χ1n) is 10.7. The van der Waals surface area contributed by atoms with E-state index >= 15 is 0 Å². The molecule has 7 heteroatoms. The number of amides is 2. The number of rotatable bonds is 1. The summed E-state index contributed by atoms with van der Waals surface area (Å²) in [6.45, 7) is 6.98. The topological polar surface area (TPSA) is 84.7 Å². The number of hydrogen-bond acceptors (Lipinski definition) is 5. The number of aryl methyl sites for hydroxylation is 2. The molecule has 2 bridgehead atoms. The minimum absolute atomic E-state index is 0.0501. The summed E-state index contributed by atoms with van der Waals surface area (Å²) in [6.07, 6.45) is 0.601. The first-order chi connectivity index (χ1) is 15.4. The average molecular weight is 434 g/mol. The van der Waals surface area contributed by atoms with Crippen LogP contribution in [0.4, 0.5) is 0 Å².